The molecule has 1 aliphatic rings. The van der Waals surface area contributed by atoms with E-state index in [1.165, 1.54) is 5.56 Å². The van der Waals surface area contributed by atoms with Crippen LogP contribution in [0.15, 0.2) is 28.7 Å². The lowest BCUT2D eigenvalue weighted by molar-refractivity contribution is -0.133. The number of halogens is 1. The molecule has 1 unspecified atom stereocenters. The van der Waals surface area contributed by atoms with Gasteiger partial charge in [-0.2, -0.15) is 0 Å². The van der Waals surface area contributed by atoms with Crippen LogP contribution in [0, 0.1) is 0 Å². The van der Waals surface area contributed by atoms with Gasteiger partial charge >= 0.3 is 0 Å². The van der Waals surface area contributed by atoms with E-state index in [1.807, 2.05) is 23.1 Å². The fourth-order valence-corrected chi connectivity index (χ4v) is 2.91. The lowest BCUT2D eigenvalue weighted by Crippen LogP contribution is -2.41. The minimum atomic E-state index is -0.418. The smallest absolute Gasteiger partial charge is 0.239 e. The average Bonchev–Trinajstić information content (AvgIpc) is 2.77. The number of rotatable bonds is 2. The Labute approximate surface area is 110 Å². The summed E-state index contributed by atoms with van der Waals surface area (Å²) in [6.45, 7) is 2.56. The van der Waals surface area contributed by atoms with E-state index in [0.29, 0.717) is 0 Å². The average molecular weight is 297 g/mol. The topological polar surface area (TPSA) is 46.3 Å². The third-order valence-electron chi connectivity index (χ3n) is 3.19. The first-order valence-electron chi connectivity index (χ1n) is 5.91. The van der Waals surface area contributed by atoms with Crippen molar-refractivity contribution in [3.8, 4) is 0 Å². The van der Waals surface area contributed by atoms with Gasteiger partial charge in [-0.25, -0.2) is 0 Å². The summed E-state index contributed by atoms with van der Waals surface area (Å²) in [5.74, 6) is 0.0447. The highest BCUT2D eigenvalue weighted by Gasteiger charge is 2.32. The molecule has 1 saturated heterocycles. The minimum absolute atomic E-state index is 0.0447. The molecule has 0 aliphatic carbocycles. The van der Waals surface area contributed by atoms with Gasteiger partial charge in [-0.05, 0) is 31.4 Å². The van der Waals surface area contributed by atoms with Crippen molar-refractivity contribution >= 4 is 21.8 Å². The molecule has 1 aliphatic heterocycles. The van der Waals surface area contributed by atoms with Gasteiger partial charge in [-0.3, -0.25) is 4.79 Å². The van der Waals surface area contributed by atoms with Crippen molar-refractivity contribution in [3.63, 3.8) is 0 Å². The maximum atomic E-state index is 12.0. The SMILES string of the molecule is C[C@H](N)C(=O)N1CCCC1c1ccccc1Br. The van der Waals surface area contributed by atoms with Gasteiger partial charge in [-0.15, -0.1) is 0 Å². The Balaban J connectivity index is 2.26. The van der Waals surface area contributed by atoms with E-state index in [2.05, 4.69) is 22.0 Å². The van der Waals surface area contributed by atoms with E-state index < -0.39 is 6.04 Å². The first-order valence-corrected chi connectivity index (χ1v) is 6.71. The Morgan fingerprint density at radius 2 is 2.24 bits per heavy atom. The minimum Gasteiger partial charge on any atom is -0.334 e. The summed E-state index contributed by atoms with van der Waals surface area (Å²) < 4.78 is 1.06. The summed E-state index contributed by atoms with van der Waals surface area (Å²) in [6.07, 6.45) is 2.06. The second kappa shape index (κ2) is 5.19. The quantitative estimate of drug-likeness (QED) is 0.911. The first kappa shape index (κ1) is 12.6. The van der Waals surface area contributed by atoms with Crippen LogP contribution in [0.1, 0.15) is 31.4 Å². The number of likely N-dealkylation sites (tertiary alicyclic amines) is 1. The molecule has 0 aromatic heterocycles. The van der Waals surface area contributed by atoms with Crippen molar-refractivity contribution in [2.45, 2.75) is 31.8 Å². The number of nitrogens with zero attached hydrogens (tertiary/aromatic N) is 1. The van der Waals surface area contributed by atoms with Crippen LogP contribution in [0.2, 0.25) is 0 Å². The molecule has 1 aromatic rings. The Kier molecular flexibility index (Phi) is 3.84. The second-order valence-electron chi connectivity index (χ2n) is 4.50. The number of carbonyl (C=O) groups is 1. The lowest BCUT2D eigenvalue weighted by atomic mass is 10.0. The molecule has 4 heteroatoms. The molecule has 92 valence electrons. The molecular weight excluding hydrogens is 280 g/mol. The highest BCUT2D eigenvalue weighted by molar-refractivity contribution is 9.10. The van der Waals surface area contributed by atoms with Crippen molar-refractivity contribution in [1.82, 2.24) is 4.90 Å². The fraction of sp³-hybridized carbons (Fsp3) is 0.462. The van der Waals surface area contributed by atoms with Crippen LogP contribution in [0.25, 0.3) is 0 Å². The van der Waals surface area contributed by atoms with E-state index >= 15 is 0 Å². The summed E-state index contributed by atoms with van der Waals surface area (Å²) in [4.78, 5) is 13.9. The van der Waals surface area contributed by atoms with Gasteiger partial charge < -0.3 is 10.6 Å². The molecule has 1 amide bonds. The van der Waals surface area contributed by atoms with Gasteiger partial charge in [0.25, 0.3) is 0 Å². The van der Waals surface area contributed by atoms with Crippen LogP contribution in [0.5, 0.6) is 0 Å². The standard InChI is InChI=1S/C13H17BrN2O/c1-9(15)13(17)16-8-4-7-12(16)10-5-2-3-6-11(10)14/h2-3,5-6,9,12H,4,7-8,15H2,1H3/t9-,12?/m0/s1. The van der Waals surface area contributed by atoms with Gasteiger partial charge in [0.05, 0.1) is 12.1 Å². The monoisotopic (exact) mass is 296 g/mol. The molecule has 0 bridgehead atoms. The van der Waals surface area contributed by atoms with Crippen molar-refractivity contribution in [2.24, 2.45) is 5.73 Å². The summed E-state index contributed by atoms with van der Waals surface area (Å²) in [5.41, 5.74) is 6.87. The summed E-state index contributed by atoms with van der Waals surface area (Å²) in [6, 6.07) is 7.83. The normalized spacial score (nSPS) is 21.6. The maximum Gasteiger partial charge on any atom is 0.239 e. The Morgan fingerprint density at radius 1 is 1.53 bits per heavy atom. The Bertz CT molecular complexity index is 420. The third-order valence-corrected chi connectivity index (χ3v) is 3.91. The third kappa shape index (κ3) is 2.53. The summed E-state index contributed by atoms with van der Waals surface area (Å²) in [5, 5.41) is 0. The highest BCUT2D eigenvalue weighted by atomic mass is 79.9. The lowest BCUT2D eigenvalue weighted by Gasteiger charge is -2.27. The fourth-order valence-electron chi connectivity index (χ4n) is 2.36. The molecule has 17 heavy (non-hydrogen) atoms. The zero-order valence-corrected chi connectivity index (χ0v) is 11.5. The molecule has 1 aromatic carbocycles. The van der Waals surface area contributed by atoms with Crippen molar-refractivity contribution < 1.29 is 4.79 Å². The van der Waals surface area contributed by atoms with Crippen LogP contribution < -0.4 is 5.73 Å². The largest absolute Gasteiger partial charge is 0.334 e. The van der Waals surface area contributed by atoms with Crippen LogP contribution in [-0.2, 0) is 4.79 Å². The second-order valence-corrected chi connectivity index (χ2v) is 5.35. The van der Waals surface area contributed by atoms with Crippen LogP contribution >= 0.6 is 15.9 Å². The number of carbonyl (C=O) groups excluding carboxylic acids is 1. The van der Waals surface area contributed by atoms with E-state index in [4.69, 9.17) is 5.73 Å². The van der Waals surface area contributed by atoms with Crippen molar-refractivity contribution in [3.05, 3.63) is 34.3 Å². The molecule has 0 saturated carbocycles. The van der Waals surface area contributed by atoms with Gasteiger partial charge in [0.1, 0.15) is 0 Å². The Hall–Kier alpha value is -0.870. The maximum absolute atomic E-state index is 12.0. The van der Waals surface area contributed by atoms with Crippen LogP contribution in [-0.4, -0.2) is 23.4 Å². The number of nitrogens with two attached hydrogens (primary N) is 1. The zero-order chi connectivity index (χ0) is 12.4. The van der Waals surface area contributed by atoms with Crippen LogP contribution in [0.4, 0.5) is 0 Å². The number of hydrogen-bond donors (Lipinski definition) is 1. The predicted molar refractivity (Wildman–Crippen MR) is 71.5 cm³/mol. The van der Waals surface area contributed by atoms with E-state index in [9.17, 15) is 4.79 Å². The molecule has 1 heterocycles. The molecule has 1 fully saturated rings. The van der Waals surface area contributed by atoms with Gasteiger partial charge in [0, 0.05) is 11.0 Å². The first-order chi connectivity index (χ1) is 8.11. The van der Waals surface area contributed by atoms with Crippen LogP contribution in [0.3, 0.4) is 0 Å². The Morgan fingerprint density at radius 3 is 2.88 bits per heavy atom. The van der Waals surface area contributed by atoms with Gasteiger partial charge in [-0.1, -0.05) is 34.1 Å². The molecule has 2 atom stereocenters. The number of benzene rings is 1. The summed E-state index contributed by atoms with van der Waals surface area (Å²) >= 11 is 3.55. The zero-order valence-electron chi connectivity index (χ0n) is 9.90. The number of hydrogen-bond acceptors (Lipinski definition) is 2. The van der Waals surface area contributed by atoms with Gasteiger partial charge in [0.2, 0.25) is 5.91 Å². The molecule has 0 radical (unpaired) electrons. The molecule has 3 nitrogen and oxygen atoms in total. The van der Waals surface area contributed by atoms with E-state index in [0.717, 1.165) is 23.9 Å². The molecule has 0 spiro atoms. The summed E-state index contributed by atoms with van der Waals surface area (Å²) in [7, 11) is 0. The van der Waals surface area contributed by atoms with E-state index in [-0.39, 0.29) is 11.9 Å². The van der Waals surface area contributed by atoms with Crippen molar-refractivity contribution in [1.29, 1.82) is 0 Å². The van der Waals surface area contributed by atoms with E-state index in [1.54, 1.807) is 6.92 Å². The molecule has 2 rings (SSSR count). The number of amides is 1. The highest BCUT2D eigenvalue weighted by Crippen LogP contribution is 2.35. The molecular formula is C13H17BrN2O. The van der Waals surface area contributed by atoms with Crippen molar-refractivity contribution in [2.75, 3.05) is 6.54 Å². The van der Waals surface area contributed by atoms with Gasteiger partial charge in [0.15, 0.2) is 0 Å². The predicted octanol–water partition coefficient (Wildman–Crippen LogP) is 2.46. The molecule has 2 N–H and O–H groups in total.